The van der Waals surface area contributed by atoms with Crippen molar-refractivity contribution in [2.75, 3.05) is 73.2 Å². The number of nitriles is 1. The summed E-state index contributed by atoms with van der Waals surface area (Å²) in [7, 11) is 0.0976. The zero-order valence-corrected chi connectivity index (χ0v) is 24.0. The third-order valence-corrected chi connectivity index (χ3v) is 8.53. The van der Waals surface area contributed by atoms with Gasteiger partial charge in [-0.2, -0.15) is 14.7 Å². The molecule has 1 saturated heterocycles. The first kappa shape index (κ1) is 31.3. The molecule has 1 aliphatic heterocycles. The maximum absolute atomic E-state index is 13.1. The molecule has 14 heteroatoms. The van der Waals surface area contributed by atoms with Crippen molar-refractivity contribution in [3.63, 3.8) is 0 Å². The summed E-state index contributed by atoms with van der Waals surface area (Å²) in [5.74, 6) is -0.395. The van der Waals surface area contributed by atoms with Crippen LogP contribution in [0.1, 0.15) is 17.5 Å². The summed E-state index contributed by atoms with van der Waals surface area (Å²) in [4.78, 5) is 17.3. The number of ether oxygens (including phenoxy) is 1. The van der Waals surface area contributed by atoms with Crippen LogP contribution in [0.15, 0.2) is 44.2 Å². The van der Waals surface area contributed by atoms with Crippen LogP contribution in [0.3, 0.4) is 0 Å². The fourth-order valence-corrected chi connectivity index (χ4v) is 5.73. The lowest BCUT2D eigenvalue weighted by Gasteiger charge is -2.33. The van der Waals surface area contributed by atoms with Gasteiger partial charge in [-0.25, -0.2) is 8.42 Å². The number of rotatable bonds is 13. The highest BCUT2D eigenvalue weighted by Crippen LogP contribution is 2.28. The van der Waals surface area contributed by atoms with Crippen LogP contribution in [-0.4, -0.2) is 110 Å². The van der Waals surface area contributed by atoms with Crippen molar-refractivity contribution in [2.24, 2.45) is 10.2 Å². The lowest BCUT2D eigenvalue weighted by atomic mass is 10.1. The highest BCUT2D eigenvalue weighted by Gasteiger charge is 2.28. The molecule has 0 atom stereocenters. The van der Waals surface area contributed by atoms with Gasteiger partial charge in [0.2, 0.25) is 15.9 Å². The van der Waals surface area contributed by atoms with E-state index in [2.05, 4.69) is 15.1 Å². The standard InChI is InChI=1S/C26H37N7O6S/c1-20-23(19-27)25(35)33(10-4-9-30(2)3)26(36)24(20)29-28-21-5-7-22(8-6-21)40(37,38)32-13-11-31(12-14-32)15-17-39-18-16-34/h5-8,34-35H,4,9-18H2,1-3H3. The lowest BCUT2D eigenvalue weighted by molar-refractivity contribution is 0.0661. The Kier molecular flexibility index (Phi) is 11.3. The summed E-state index contributed by atoms with van der Waals surface area (Å²) in [6.07, 6.45) is 0.578. The van der Waals surface area contributed by atoms with Crippen LogP contribution in [0.4, 0.5) is 11.4 Å². The van der Waals surface area contributed by atoms with Crippen molar-refractivity contribution in [1.29, 1.82) is 5.26 Å². The number of pyridine rings is 1. The van der Waals surface area contributed by atoms with Gasteiger partial charge >= 0.3 is 0 Å². The molecule has 3 rings (SSSR count). The van der Waals surface area contributed by atoms with E-state index < -0.39 is 21.5 Å². The molecule has 1 fully saturated rings. The average Bonchev–Trinajstić information content (AvgIpc) is 2.93. The Bertz CT molecular complexity index is 1380. The number of azo groups is 1. The van der Waals surface area contributed by atoms with Gasteiger partial charge in [0.25, 0.3) is 5.56 Å². The van der Waals surface area contributed by atoms with Crippen molar-refractivity contribution < 1.29 is 23.4 Å². The van der Waals surface area contributed by atoms with E-state index in [0.717, 1.165) is 4.57 Å². The van der Waals surface area contributed by atoms with Gasteiger partial charge in [0.1, 0.15) is 11.6 Å². The summed E-state index contributed by atoms with van der Waals surface area (Å²) >= 11 is 0. The van der Waals surface area contributed by atoms with Crippen LogP contribution in [0.25, 0.3) is 0 Å². The Morgan fingerprint density at radius 1 is 1.07 bits per heavy atom. The molecule has 13 nitrogen and oxygen atoms in total. The molecule has 40 heavy (non-hydrogen) atoms. The molecule has 1 aliphatic rings. The molecule has 218 valence electrons. The van der Waals surface area contributed by atoms with Crippen molar-refractivity contribution in [2.45, 2.75) is 24.8 Å². The number of hydrogen-bond donors (Lipinski definition) is 2. The predicted octanol–water partition coefficient (Wildman–Crippen LogP) is 1.42. The van der Waals surface area contributed by atoms with E-state index in [1.807, 2.05) is 25.1 Å². The van der Waals surface area contributed by atoms with Crippen molar-refractivity contribution in [3.8, 4) is 11.9 Å². The van der Waals surface area contributed by atoms with E-state index in [0.29, 0.717) is 58.0 Å². The summed E-state index contributed by atoms with van der Waals surface area (Å²) in [6, 6.07) is 7.83. The van der Waals surface area contributed by atoms with Gasteiger partial charge in [0, 0.05) is 44.8 Å². The van der Waals surface area contributed by atoms with Crippen molar-refractivity contribution in [1.82, 2.24) is 18.7 Å². The van der Waals surface area contributed by atoms with Crippen LogP contribution < -0.4 is 5.56 Å². The number of aromatic hydroxyl groups is 1. The van der Waals surface area contributed by atoms with Gasteiger partial charge in [-0.05, 0) is 58.3 Å². The maximum atomic E-state index is 13.1. The molecule has 0 radical (unpaired) electrons. The molecule has 0 spiro atoms. The number of piperazine rings is 1. The molecule has 0 unspecified atom stereocenters. The predicted molar refractivity (Wildman–Crippen MR) is 149 cm³/mol. The highest BCUT2D eigenvalue weighted by molar-refractivity contribution is 7.89. The van der Waals surface area contributed by atoms with Crippen LogP contribution in [0.2, 0.25) is 0 Å². The molecule has 0 saturated carbocycles. The maximum Gasteiger partial charge on any atom is 0.281 e. The molecule has 1 aromatic heterocycles. The molecule has 2 heterocycles. The average molecular weight is 576 g/mol. The fourth-order valence-electron chi connectivity index (χ4n) is 4.30. The van der Waals surface area contributed by atoms with Gasteiger partial charge in [0.05, 0.1) is 30.4 Å². The van der Waals surface area contributed by atoms with E-state index in [9.17, 15) is 23.6 Å². The Morgan fingerprint density at radius 2 is 1.75 bits per heavy atom. The topological polar surface area (TPSA) is 164 Å². The third-order valence-electron chi connectivity index (χ3n) is 6.61. The minimum atomic E-state index is -3.70. The first-order valence-electron chi connectivity index (χ1n) is 13.0. The highest BCUT2D eigenvalue weighted by atomic mass is 32.2. The molecule has 1 aromatic carbocycles. The van der Waals surface area contributed by atoms with E-state index in [4.69, 9.17) is 9.84 Å². The fraction of sp³-hybridized carbons (Fsp3) is 0.538. The second-order valence-corrected chi connectivity index (χ2v) is 11.6. The number of aromatic nitrogens is 1. The quantitative estimate of drug-likeness (QED) is 0.265. The van der Waals surface area contributed by atoms with E-state index >= 15 is 0 Å². The Balaban J connectivity index is 1.72. The van der Waals surface area contributed by atoms with E-state index in [-0.39, 0.29) is 41.5 Å². The summed E-state index contributed by atoms with van der Waals surface area (Å²) in [6.45, 7) is 5.70. The third kappa shape index (κ3) is 7.72. The van der Waals surface area contributed by atoms with E-state index in [1.165, 1.54) is 35.5 Å². The lowest BCUT2D eigenvalue weighted by Crippen LogP contribution is -2.49. The summed E-state index contributed by atoms with van der Waals surface area (Å²) in [5.41, 5.74) is -0.116. The van der Waals surface area contributed by atoms with Gasteiger partial charge in [-0.1, -0.05) is 0 Å². The zero-order chi connectivity index (χ0) is 29.3. The van der Waals surface area contributed by atoms with Gasteiger partial charge in [-0.3, -0.25) is 14.3 Å². The molecule has 0 bridgehead atoms. The number of benzene rings is 1. The van der Waals surface area contributed by atoms with Gasteiger partial charge < -0.3 is 19.8 Å². The smallest absolute Gasteiger partial charge is 0.281 e. The number of hydrogen-bond acceptors (Lipinski definition) is 11. The Labute approximate surface area is 234 Å². The van der Waals surface area contributed by atoms with Gasteiger partial charge in [-0.15, -0.1) is 5.11 Å². The monoisotopic (exact) mass is 575 g/mol. The minimum Gasteiger partial charge on any atom is -0.493 e. The van der Waals surface area contributed by atoms with Crippen LogP contribution in [-0.2, 0) is 21.3 Å². The van der Waals surface area contributed by atoms with E-state index in [1.54, 1.807) is 0 Å². The summed E-state index contributed by atoms with van der Waals surface area (Å²) < 4.78 is 34.1. The first-order chi connectivity index (χ1) is 19.1. The SMILES string of the molecule is Cc1c(C#N)c(O)n(CCCN(C)C)c(=O)c1N=Nc1ccc(S(=O)(=O)N2CCN(CCOCCO)CC2)cc1. The molecule has 0 aliphatic carbocycles. The number of aliphatic hydroxyl groups excluding tert-OH is 1. The second-order valence-electron chi connectivity index (χ2n) is 9.67. The zero-order valence-electron chi connectivity index (χ0n) is 23.2. The second kappa shape index (κ2) is 14.4. The number of sulfonamides is 1. The van der Waals surface area contributed by atoms with Crippen molar-refractivity contribution in [3.05, 3.63) is 45.7 Å². The Hall–Kier alpha value is -3.19. The molecular formula is C26H37N7O6S. The largest absolute Gasteiger partial charge is 0.493 e. The first-order valence-corrected chi connectivity index (χ1v) is 14.5. The normalized spacial score (nSPS) is 15.2. The summed E-state index contributed by atoms with van der Waals surface area (Å²) in [5, 5.41) is 37.0. The van der Waals surface area contributed by atoms with Crippen LogP contribution >= 0.6 is 0 Å². The molecule has 2 N–H and O–H groups in total. The number of aliphatic hydroxyl groups is 1. The number of nitrogens with zero attached hydrogens (tertiary/aromatic N) is 7. The van der Waals surface area contributed by atoms with Crippen LogP contribution in [0, 0.1) is 18.3 Å². The van der Waals surface area contributed by atoms with Crippen molar-refractivity contribution >= 4 is 21.4 Å². The Morgan fingerprint density at radius 3 is 2.35 bits per heavy atom. The molecule has 0 amide bonds. The van der Waals surface area contributed by atoms with Crippen LogP contribution in [0.5, 0.6) is 5.88 Å². The van der Waals surface area contributed by atoms with Gasteiger partial charge in [0.15, 0.2) is 5.69 Å². The minimum absolute atomic E-state index is 0.0261. The molecular weight excluding hydrogens is 538 g/mol. The molecule has 2 aromatic rings.